The summed E-state index contributed by atoms with van der Waals surface area (Å²) in [7, 11) is -3.46. The Balaban J connectivity index is 1.51. The van der Waals surface area contributed by atoms with Crippen LogP contribution in [0.15, 0.2) is 65.8 Å². The van der Waals surface area contributed by atoms with Crippen molar-refractivity contribution < 1.29 is 28.8 Å². The minimum Gasteiger partial charge on any atom is -0.395 e. The number of nitrogens with zero attached hydrogens (tertiary/aromatic N) is 3. The number of benzene rings is 2. The zero-order valence-corrected chi connectivity index (χ0v) is 20.6. The van der Waals surface area contributed by atoms with Gasteiger partial charge in [0.1, 0.15) is 12.2 Å². The van der Waals surface area contributed by atoms with E-state index >= 15 is 0 Å². The first kappa shape index (κ1) is 26.1. The maximum Gasteiger partial charge on any atom is 0.175 e. The number of likely N-dealkylation sites (tertiary alicyclic amines) is 1. The van der Waals surface area contributed by atoms with Gasteiger partial charge < -0.3 is 25.7 Å². The molecule has 2 heterocycles. The van der Waals surface area contributed by atoms with Gasteiger partial charge in [-0.05, 0) is 35.4 Å². The summed E-state index contributed by atoms with van der Waals surface area (Å²) in [5.41, 5.74) is 3.00. The topological polar surface area (TPSA) is 156 Å². The molecule has 36 heavy (non-hydrogen) atoms. The van der Waals surface area contributed by atoms with Gasteiger partial charge in [-0.1, -0.05) is 24.3 Å². The van der Waals surface area contributed by atoms with Crippen molar-refractivity contribution in [2.24, 2.45) is 0 Å². The van der Waals surface area contributed by atoms with Gasteiger partial charge in [-0.2, -0.15) is 0 Å². The highest BCUT2D eigenvalue weighted by Gasteiger charge is 2.40. The number of sulfone groups is 1. The standard InChI is InChI=1S/C25H30N4O6S/c1-36(34,35)20-10-18(25-26-6-3-7-27-25)9-19(11-20)28-12-16-4-2-5-17(8-16)13-29-14-22(31)24(33)23(32)21(29)15-30/h2-11,21-24,28,30-33H,12-15H2,1H3/t21-,22+,23-,24-/m1/s1. The van der Waals surface area contributed by atoms with E-state index in [1.807, 2.05) is 24.3 Å². The van der Waals surface area contributed by atoms with Crippen molar-refractivity contribution in [3.05, 3.63) is 72.1 Å². The molecule has 10 nitrogen and oxygen atoms in total. The molecule has 5 N–H and O–H groups in total. The van der Waals surface area contributed by atoms with Crippen molar-refractivity contribution in [2.75, 3.05) is 24.7 Å². The largest absolute Gasteiger partial charge is 0.395 e. The third-order valence-electron chi connectivity index (χ3n) is 6.25. The normalized spacial score (nSPS) is 22.9. The number of anilines is 1. The Morgan fingerprint density at radius 3 is 2.42 bits per heavy atom. The van der Waals surface area contributed by atoms with E-state index in [9.17, 15) is 28.8 Å². The van der Waals surface area contributed by atoms with Crippen LogP contribution in [0, 0.1) is 0 Å². The summed E-state index contributed by atoms with van der Waals surface area (Å²) in [6.45, 7) is 0.535. The number of rotatable bonds is 8. The number of aliphatic hydroxyl groups is 4. The van der Waals surface area contributed by atoms with Gasteiger partial charge >= 0.3 is 0 Å². The molecular formula is C25H30N4O6S. The van der Waals surface area contributed by atoms with Crippen LogP contribution in [0.25, 0.3) is 11.4 Å². The van der Waals surface area contributed by atoms with Crippen LogP contribution in [-0.2, 0) is 22.9 Å². The fourth-order valence-corrected chi connectivity index (χ4v) is 5.01. The lowest BCUT2D eigenvalue weighted by molar-refractivity contribution is -0.147. The summed E-state index contributed by atoms with van der Waals surface area (Å²) in [4.78, 5) is 10.3. The van der Waals surface area contributed by atoms with Crippen LogP contribution >= 0.6 is 0 Å². The fraction of sp³-hybridized carbons (Fsp3) is 0.360. The van der Waals surface area contributed by atoms with E-state index in [-0.39, 0.29) is 18.0 Å². The third kappa shape index (κ3) is 6.06. The lowest BCUT2D eigenvalue weighted by Gasteiger charge is -2.43. The van der Waals surface area contributed by atoms with Crippen LogP contribution < -0.4 is 5.32 Å². The summed E-state index contributed by atoms with van der Waals surface area (Å²) < 4.78 is 24.5. The molecule has 0 amide bonds. The van der Waals surface area contributed by atoms with Crippen molar-refractivity contribution in [2.45, 2.75) is 42.3 Å². The Bertz CT molecular complexity index is 1290. The number of piperidine rings is 1. The molecule has 2 aromatic carbocycles. The van der Waals surface area contributed by atoms with E-state index in [1.54, 1.807) is 41.6 Å². The van der Waals surface area contributed by atoms with E-state index in [1.165, 1.54) is 0 Å². The van der Waals surface area contributed by atoms with E-state index in [0.29, 0.717) is 30.2 Å². The smallest absolute Gasteiger partial charge is 0.175 e. The second-order valence-electron chi connectivity index (χ2n) is 8.99. The van der Waals surface area contributed by atoms with Gasteiger partial charge in [0.15, 0.2) is 15.7 Å². The van der Waals surface area contributed by atoms with Gasteiger partial charge in [0.25, 0.3) is 0 Å². The Morgan fingerprint density at radius 1 is 1.00 bits per heavy atom. The Kier molecular flexibility index (Phi) is 7.98. The van der Waals surface area contributed by atoms with Gasteiger partial charge in [-0.3, -0.25) is 4.90 Å². The van der Waals surface area contributed by atoms with Gasteiger partial charge in [0.05, 0.1) is 23.6 Å². The quantitative estimate of drug-likeness (QED) is 0.285. The molecule has 0 saturated carbocycles. The molecule has 0 unspecified atom stereocenters. The van der Waals surface area contributed by atoms with Crippen molar-refractivity contribution >= 4 is 15.5 Å². The Hall–Kier alpha value is -2.93. The zero-order chi connectivity index (χ0) is 25.9. The van der Waals surface area contributed by atoms with Crippen LogP contribution in [0.4, 0.5) is 5.69 Å². The summed E-state index contributed by atoms with van der Waals surface area (Å²) >= 11 is 0. The minimum absolute atomic E-state index is 0.120. The monoisotopic (exact) mass is 514 g/mol. The average molecular weight is 515 g/mol. The summed E-state index contributed by atoms with van der Waals surface area (Å²) in [6, 6.07) is 13.6. The molecule has 0 aliphatic carbocycles. The molecule has 4 atom stereocenters. The van der Waals surface area contributed by atoms with Crippen molar-refractivity contribution in [1.82, 2.24) is 14.9 Å². The zero-order valence-electron chi connectivity index (χ0n) is 19.8. The van der Waals surface area contributed by atoms with Gasteiger partial charge in [-0.15, -0.1) is 0 Å². The molecule has 0 radical (unpaired) electrons. The lowest BCUT2D eigenvalue weighted by Crippen LogP contribution is -2.62. The highest BCUT2D eigenvalue weighted by Crippen LogP contribution is 2.26. The second kappa shape index (κ2) is 11.0. The van der Waals surface area contributed by atoms with Crippen LogP contribution in [0.3, 0.4) is 0 Å². The van der Waals surface area contributed by atoms with Gasteiger partial charge in [-0.25, -0.2) is 18.4 Å². The first-order chi connectivity index (χ1) is 17.2. The number of aliphatic hydroxyl groups excluding tert-OH is 4. The predicted octanol–water partition coefficient (Wildman–Crippen LogP) is 0.418. The van der Waals surface area contributed by atoms with Crippen LogP contribution in [0.2, 0.25) is 0 Å². The first-order valence-electron chi connectivity index (χ1n) is 11.5. The number of β-amino-alcohol motifs (C(OH)–C–C–N with tert-alkyl or cyclic N) is 1. The number of aromatic nitrogens is 2. The third-order valence-corrected chi connectivity index (χ3v) is 7.34. The van der Waals surface area contributed by atoms with Gasteiger partial charge in [0.2, 0.25) is 0 Å². The molecule has 192 valence electrons. The lowest BCUT2D eigenvalue weighted by atomic mass is 9.93. The molecule has 11 heteroatoms. The SMILES string of the molecule is CS(=O)(=O)c1cc(NCc2cccc(CN3C[C@H](O)[C@@H](O)[C@H](O)[C@H]3CO)c2)cc(-c2ncccn2)c1. The number of nitrogens with one attached hydrogen (secondary N) is 1. The van der Waals surface area contributed by atoms with Crippen LogP contribution in [0.1, 0.15) is 11.1 Å². The number of hydrogen-bond acceptors (Lipinski definition) is 10. The van der Waals surface area contributed by atoms with E-state index in [0.717, 1.165) is 17.4 Å². The molecule has 1 fully saturated rings. The molecule has 0 bridgehead atoms. The Morgan fingerprint density at radius 2 is 1.72 bits per heavy atom. The first-order valence-corrected chi connectivity index (χ1v) is 13.4. The molecular weight excluding hydrogens is 484 g/mol. The fourth-order valence-electron chi connectivity index (χ4n) is 4.33. The van der Waals surface area contributed by atoms with E-state index < -0.39 is 34.2 Å². The van der Waals surface area contributed by atoms with Gasteiger partial charge in [0, 0.05) is 49.5 Å². The predicted molar refractivity (Wildman–Crippen MR) is 134 cm³/mol. The van der Waals surface area contributed by atoms with Crippen molar-refractivity contribution in [3.8, 4) is 11.4 Å². The summed E-state index contributed by atoms with van der Waals surface area (Å²) in [6.07, 6.45) is 0.666. The highest BCUT2D eigenvalue weighted by molar-refractivity contribution is 7.90. The van der Waals surface area contributed by atoms with E-state index in [4.69, 9.17) is 0 Å². The van der Waals surface area contributed by atoms with Crippen LogP contribution in [0.5, 0.6) is 0 Å². The summed E-state index contributed by atoms with van der Waals surface area (Å²) in [5, 5.41) is 43.2. The van der Waals surface area contributed by atoms with Crippen molar-refractivity contribution in [1.29, 1.82) is 0 Å². The molecule has 1 aliphatic heterocycles. The van der Waals surface area contributed by atoms with Crippen molar-refractivity contribution in [3.63, 3.8) is 0 Å². The maximum atomic E-state index is 12.3. The molecule has 1 aromatic heterocycles. The molecule has 3 aromatic rings. The number of hydrogen-bond donors (Lipinski definition) is 5. The molecule has 4 rings (SSSR count). The molecule has 1 saturated heterocycles. The van der Waals surface area contributed by atoms with Crippen LogP contribution in [-0.4, -0.2) is 87.5 Å². The highest BCUT2D eigenvalue weighted by atomic mass is 32.2. The second-order valence-corrected chi connectivity index (χ2v) is 11.0. The maximum absolute atomic E-state index is 12.3. The molecule has 1 aliphatic rings. The molecule has 0 spiro atoms. The Labute approximate surface area is 209 Å². The average Bonchev–Trinajstić information content (AvgIpc) is 2.86. The van der Waals surface area contributed by atoms with E-state index in [2.05, 4.69) is 15.3 Å². The minimum atomic E-state index is -3.46. The summed E-state index contributed by atoms with van der Waals surface area (Å²) in [5.74, 6) is 0.419.